The number of carbonyl (C=O) groups excluding carboxylic acids is 3. The fourth-order valence-corrected chi connectivity index (χ4v) is 4.48. The lowest BCUT2D eigenvalue weighted by Crippen LogP contribution is -2.44. The summed E-state index contributed by atoms with van der Waals surface area (Å²) < 4.78 is 0. The van der Waals surface area contributed by atoms with Crippen LogP contribution in [0.3, 0.4) is 0 Å². The molecule has 32 heavy (non-hydrogen) atoms. The molecule has 8 nitrogen and oxygen atoms in total. The summed E-state index contributed by atoms with van der Waals surface area (Å²) >= 11 is 0. The SMILES string of the molecule is CC(C)CC(=O)N1CCCN(C(=O)Cc2cccnc2)CCCCNC(=O)[C@@H]2C[C@H]1CN2. The number of hydrogen-bond donors (Lipinski definition) is 2. The number of fused-ring (bicyclic) bond motifs is 2. The number of aromatic nitrogens is 1. The smallest absolute Gasteiger partial charge is 0.237 e. The number of rotatable bonds is 4. The van der Waals surface area contributed by atoms with Crippen LogP contribution < -0.4 is 10.6 Å². The zero-order chi connectivity index (χ0) is 22.9. The molecular formula is C24H37N5O3. The highest BCUT2D eigenvalue weighted by molar-refractivity contribution is 5.82. The Bertz CT molecular complexity index is 770. The number of amides is 3. The minimum absolute atomic E-state index is 0.00493. The maximum Gasteiger partial charge on any atom is 0.237 e. The highest BCUT2D eigenvalue weighted by Gasteiger charge is 2.35. The van der Waals surface area contributed by atoms with Crippen molar-refractivity contribution < 1.29 is 14.4 Å². The molecule has 0 aromatic carbocycles. The van der Waals surface area contributed by atoms with E-state index in [-0.39, 0.29) is 35.7 Å². The Hall–Kier alpha value is -2.48. The number of carbonyl (C=O) groups is 3. The zero-order valence-electron chi connectivity index (χ0n) is 19.4. The molecule has 2 aliphatic heterocycles. The van der Waals surface area contributed by atoms with E-state index in [4.69, 9.17) is 0 Å². The van der Waals surface area contributed by atoms with Gasteiger partial charge in [0.25, 0.3) is 0 Å². The van der Waals surface area contributed by atoms with Gasteiger partial charge in [-0.15, -0.1) is 0 Å². The van der Waals surface area contributed by atoms with Gasteiger partial charge in [0.15, 0.2) is 0 Å². The van der Waals surface area contributed by atoms with E-state index in [1.807, 2.05) is 35.8 Å². The van der Waals surface area contributed by atoms with Crippen LogP contribution >= 0.6 is 0 Å². The van der Waals surface area contributed by atoms with E-state index in [0.717, 1.165) is 24.8 Å². The van der Waals surface area contributed by atoms with Crippen molar-refractivity contribution >= 4 is 17.7 Å². The highest BCUT2D eigenvalue weighted by atomic mass is 16.2. The molecule has 0 aliphatic carbocycles. The number of pyridine rings is 1. The van der Waals surface area contributed by atoms with E-state index in [1.165, 1.54) is 0 Å². The van der Waals surface area contributed by atoms with Crippen LogP contribution in [0.2, 0.25) is 0 Å². The minimum Gasteiger partial charge on any atom is -0.355 e. The van der Waals surface area contributed by atoms with E-state index >= 15 is 0 Å². The molecule has 0 unspecified atom stereocenters. The third-order valence-corrected chi connectivity index (χ3v) is 6.18. The van der Waals surface area contributed by atoms with E-state index in [1.54, 1.807) is 12.4 Å². The second-order valence-electron chi connectivity index (χ2n) is 9.31. The van der Waals surface area contributed by atoms with Gasteiger partial charge in [-0.25, -0.2) is 0 Å². The molecule has 0 spiro atoms. The maximum atomic E-state index is 13.0. The molecule has 3 heterocycles. The molecular weight excluding hydrogens is 406 g/mol. The molecule has 2 saturated heterocycles. The standard InChI is InChI=1S/C24H37N5O3/c1-18(2)13-23(31)29-12-6-11-28(22(30)14-19-7-5-8-25-16-19)10-4-3-9-26-24(32)21-15-20(29)17-27-21/h5,7-8,16,18,20-21,27H,3-4,6,9-15,17H2,1-2H3,(H,26,32)/t20-,21-/m0/s1. The lowest BCUT2D eigenvalue weighted by Gasteiger charge is -2.31. The van der Waals surface area contributed by atoms with Crippen LogP contribution in [0.4, 0.5) is 0 Å². The largest absolute Gasteiger partial charge is 0.355 e. The molecule has 2 N–H and O–H groups in total. The Morgan fingerprint density at radius 2 is 1.97 bits per heavy atom. The summed E-state index contributed by atoms with van der Waals surface area (Å²) in [5, 5.41) is 6.30. The third kappa shape index (κ3) is 7.02. The third-order valence-electron chi connectivity index (χ3n) is 6.18. The van der Waals surface area contributed by atoms with Gasteiger partial charge in [-0.3, -0.25) is 19.4 Å². The molecule has 1 aromatic heterocycles. The average Bonchev–Trinajstić information content (AvgIpc) is 3.24. The first-order chi connectivity index (χ1) is 15.4. The topological polar surface area (TPSA) is 94.6 Å². The second-order valence-corrected chi connectivity index (χ2v) is 9.31. The molecule has 2 aliphatic rings. The Balaban J connectivity index is 1.69. The molecule has 0 saturated carbocycles. The molecule has 0 radical (unpaired) electrons. The summed E-state index contributed by atoms with van der Waals surface area (Å²) in [4.78, 5) is 46.4. The molecule has 3 amide bonds. The van der Waals surface area contributed by atoms with Crippen molar-refractivity contribution in [3.63, 3.8) is 0 Å². The fraction of sp³-hybridized carbons (Fsp3) is 0.667. The molecule has 3 rings (SSSR count). The van der Waals surface area contributed by atoms with Crippen LogP contribution in [0.1, 0.15) is 51.5 Å². The average molecular weight is 444 g/mol. The summed E-state index contributed by atoms with van der Waals surface area (Å²) in [6.07, 6.45) is 7.29. The van der Waals surface area contributed by atoms with Crippen LogP contribution in [-0.2, 0) is 20.8 Å². The van der Waals surface area contributed by atoms with Crippen LogP contribution in [0, 0.1) is 5.92 Å². The van der Waals surface area contributed by atoms with Crippen molar-refractivity contribution in [3.05, 3.63) is 30.1 Å². The lowest BCUT2D eigenvalue weighted by molar-refractivity contribution is -0.134. The minimum atomic E-state index is -0.241. The van der Waals surface area contributed by atoms with Gasteiger partial charge < -0.3 is 20.4 Å². The quantitative estimate of drug-likeness (QED) is 0.733. The van der Waals surface area contributed by atoms with Gasteiger partial charge in [0.1, 0.15) is 0 Å². The first-order valence-corrected chi connectivity index (χ1v) is 11.9. The van der Waals surface area contributed by atoms with Gasteiger partial charge in [0.05, 0.1) is 12.5 Å². The summed E-state index contributed by atoms with van der Waals surface area (Å²) in [5.74, 6) is 0.497. The predicted molar refractivity (Wildman–Crippen MR) is 123 cm³/mol. The summed E-state index contributed by atoms with van der Waals surface area (Å²) in [7, 11) is 0. The maximum absolute atomic E-state index is 13.0. The van der Waals surface area contributed by atoms with Crippen LogP contribution in [0.25, 0.3) is 0 Å². The summed E-state index contributed by atoms with van der Waals surface area (Å²) in [5.41, 5.74) is 0.904. The monoisotopic (exact) mass is 443 g/mol. The van der Waals surface area contributed by atoms with Crippen molar-refractivity contribution in [3.8, 4) is 0 Å². The van der Waals surface area contributed by atoms with Crippen molar-refractivity contribution in [1.29, 1.82) is 0 Å². The van der Waals surface area contributed by atoms with Gasteiger partial charge in [-0.2, -0.15) is 0 Å². The van der Waals surface area contributed by atoms with Crippen LogP contribution in [0.5, 0.6) is 0 Å². The van der Waals surface area contributed by atoms with E-state index in [9.17, 15) is 14.4 Å². The van der Waals surface area contributed by atoms with Gasteiger partial charge in [0, 0.05) is 57.6 Å². The van der Waals surface area contributed by atoms with E-state index in [0.29, 0.717) is 52.0 Å². The first-order valence-electron chi connectivity index (χ1n) is 11.9. The predicted octanol–water partition coefficient (Wildman–Crippen LogP) is 1.36. The lowest BCUT2D eigenvalue weighted by atomic mass is 10.1. The Labute approximate surface area is 191 Å². The van der Waals surface area contributed by atoms with Crippen molar-refractivity contribution in [2.45, 2.75) is 64.5 Å². The van der Waals surface area contributed by atoms with Gasteiger partial charge in [0.2, 0.25) is 17.7 Å². The van der Waals surface area contributed by atoms with E-state index in [2.05, 4.69) is 15.6 Å². The number of hydrogen-bond acceptors (Lipinski definition) is 5. The van der Waals surface area contributed by atoms with Gasteiger partial charge in [-0.05, 0) is 43.2 Å². The summed E-state index contributed by atoms with van der Waals surface area (Å²) in [6, 6.07) is 3.53. The second kappa shape index (κ2) is 11.9. The number of nitrogens with one attached hydrogen (secondary N) is 2. The van der Waals surface area contributed by atoms with Crippen molar-refractivity contribution in [2.24, 2.45) is 5.92 Å². The van der Waals surface area contributed by atoms with Crippen LogP contribution in [-0.4, -0.2) is 77.3 Å². The first kappa shape index (κ1) is 24.2. The molecule has 2 atom stereocenters. The highest BCUT2D eigenvalue weighted by Crippen LogP contribution is 2.18. The Morgan fingerprint density at radius 3 is 2.72 bits per heavy atom. The Morgan fingerprint density at radius 1 is 1.16 bits per heavy atom. The zero-order valence-corrected chi connectivity index (χ0v) is 19.4. The number of nitrogens with zero attached hydrogens (tertiary/aromatic N) is 3. The molecule has 8 heteroatoms. The van der Waals surface area contributed by atoms with Crippen LogP contribution in [0.15, 0.2) is 24.5 Å². The van der Waals surface area contributed by atoms with Gasteiger partial charge >= 0.3 is 0 Å². The Kier molecular flexibility index (Phi) is 9.02. The molecule has 176 valence electrons. The van der Waals surface area contributed by atoms with Crippen molar-refractivity contribution in [1.82, 2.24) is 25.4 Å². The molecule has 2 bridgehead atoms. The normalized spacial score (nSPS) is 23.0. The molecule has 2 fully saturated rings. The molecule has 1 aromatic rings. The summed E-state index contributed by atoms with van der Waals surface area (Å²) in [6.45, 7) is 7.20. The van der Waals surface area contributed by atoms with Gasteiger partial charge in [-0.1, -0.05) is 19.9 Å². The fourth-order valence-electron chi connectivity index (χ4n) is 4.48. The van der Waals surface area contributed by atoms with Crippen molar-refractivity contribution in [2.75, 3.05) is 32.7 Å². The van der Waals surface area contributed by atoms with E-state index < -0.39 is 0 Å².